The second-order valence-corrected chi connectivity index (χ2v) is 5.83. The van der Waals surface area contributed by atoms with Gasteiger partial charge in [0.1, 0.15) is 0 Å². The van der Waals surface area contributed by atoms with Crippen molar-refractivity contribution in [2.75, 3.05) is 0 Å². The first-order chi connectivity index (χ1) is 5.04. The SMILES string of the molecule is NS(=O)(=O)C1(CC2CC2)CC1. The number of nitrogens with two attached hydrogens (primary N) is 1. The minimum atomic E-state index is -3.25. The van der Waals surface area contributed by atoms with E-state index in [-0.39, 0.29) is 0 Å². The Morgan fingerprint density at radius 2 is 1.91 bits per heavy atom. The molecule has 64 valence electrons. The molecule has 4 heteroatoms. The summed E-state index contributed by atoms with van der Waals surface area (Å²) in [6, 6.07) is 0. The molecule has 0 bridgehead atoms. The van der Waals surface area contributed by atoms with E-state index >= 15 is 0 Å². The van der Waals surface area contributed by atoms with Crippen molar-refractivity contribution in [3.63, 3.8) is 0 Å². The van der Waals surface area contributed by atoms with E-state index in [0.29, 0.717) is 5.92 Å². The maximum atomic E-state index is 11.1. The second-order valence-electron chi connectivity index (χ2n) is 3.88. The summed E-state index contributed by atoms with van der Waals surface area (Å²) in [5.41, 5.74) is 0. The Balaban J connectivity index is 2.09. The summed E-state index contributed by atoms with van der Waals surface area (Å²) >= 11 is 0. The fourth-order valence-corrected chi connectivity index (χ4v) is 2.73. The summed E-state index contributed by atoms with van der Waals surface area (Å²) in [5, 5.41) is 5.12. The fraction of sp³-hybridized carbons (Fsp3) is 1.00. The Morgan fingerprint density at radius 3 is 2.18 bits per heavy atom. The summed E-state index contributed by atoms with van der Waals surface area (Å²) < 4.78 is 21.6. The summed E-state index contributed by atoms with van der Waals surface area (Å²) in [6.07, 6.45) is 4.82. The van der Waals surface area contributed by atoms with Gasteiger partial charge in [0.05, 0.1) is 4.75 Å². The number of rotatable bonds is 3. The molecule has 0 atom stereocenters. The molecule has 2 aliphatic rings. The van der Waals surface area contributed by atoms with Crippen LogP contribution < -0.4 is 5.14 Å². The number of sulfonamides is 1. The molecule has 0 saturated heterocycles. The molecule has 0 heterocycles. The minimum absolute atomic E-state index is 0.478. The van der Waals surface area contributed by atoms with Crippen molar-refractivity contribution < 1.29 is 8.42 Å². The highest BCUT2D eigenvalue weighted by Crippen LogP contribution is 2.51. The van der Waals surface area contributed by atoms with E-state index in [1.165, 1.54) is 12.8 Å². The molecule has 2 N–H and O–H groups in total. The molecular weight excluding hydrogens is 162 g/mol. The van der Waals surface area contributed by atoms with E-state index in [0.717, 1.165) is 19.3 Å². The highest BCUT2D eigenvalue weighted by atomic mass is 32.2. The third-order valence-electron chi connectivity index (χ3n) is 2.77. The van der Waals surface area contributed by atoms with Gasteiger partial charge in [0.15, 0.2) is 0 Å². The van der Waals surface area contributed by atoms with Crippen LogP contribution in [0, 0.1) is 5.92 Å². The van der Waals surface area contributed by atoms with E-state index in [1.807, 2.05) is 0 Å². The molecule has 0 aromatic carbocycles. The van der Waals surface area contributed by atoms with Gasteiger partial charge in [0.25, 0.3) is 0 Å². The molecule has 0 radical (unpaired) electrons. The summed E-state index contributed by atoms with van der Waals surface area (Å²) in [6.45, 7) is 0. The molecule has 0 amide bonds. The first-order valence-electron chi connectivity index (χ1n) is 4.06. The normalized spacial score (nSPS) is 28.5. The monoisotopic (exact) mass is 175 g/mol. The molecule has 0 aromatic heterocycles. The van der Waals surface area contributed by atoms with E-state index in [4.69, 9.17) is 5.14 Å². The van der Waals surface area contributed by atoms with Gasteiger partial charge >= 0.3 is 0 Å². The average Bonchev–Trinajstić information content (AvgIpc) is 2.60. The molecule has 2 saturated carbocycles. The molecule has 2 aliphatic carbocycles. The first-order valence-corrected chi connectivity index (χ1v) is 5.60. The van der Waals surface area contributed by atoms with Gasteiger partial charge in [-0.05, 0) is 25.2 Å². The highest BCUT2D eigenvalue weighted by Gasteiger charge is 2.54. The van der Waals surface area contributed by atoms with Crippen LogP contribution in [-0.4, -0.2) is 13.2 Å². The Kier molecular flexibility index (Phi) is 1.36. The van der Waals surface area contributed by atoms with Gasteiger partial charge in [-0.2, -0.15) is 0 Å². The zero-order chi connectivity index (χ0) is 8.11. The van der Waals surface area contributed by atoms with Crippen molar-refractivity contribution in [2.24, 2.45) is 11.1 Å². The van der Waals surface area contributed by atoms with Gasteiger partial charge in [0.2, 0.25) is 10.0 Å². The standard InChI is InChI=1S/C7H13NO2S/c8-11(9,10)7(3-4-7)5-6-1-2-6/h6H,1-5H2,(H2,8,9,10). The molecule has 0 spiro atoms. The average molecular weight is 175 g/mol. The van der Waals surface area contributed by atoms with Gasteiger partial charge in [-0.25, -0.2) is 13.6 Å². The lowest BCUT2D eigenvalue weighted by molar-refractivity contribution is 0.558. The van der Waals surface area contributed by atoms with Crippen LogP contribution in [0.1, 0.15) is 32.1 Å². The van der Waals surface area contributed by atoms with Crippen molar-refractivity contribution >= 4 is 10.0 Å². The molecule has 0 unspecified atom stereocenters. The number of hydrogen-bond acceptors (Lipinski definition) is 2. The van der Waals surface area contributed by atoms with Crippen molar-refractivity contribution in [1.29, 1.82) is 0 Å². The van der Waals surface area contributed by atoms with E-state index in [1.54, 1.807) is 0 Å². The van der Waals surface area contributed by atoms with Crippen LogP contribution in [-0.2, 0) is 10.0 Å². The lowest BCUT2D eigenvalue weighted by atomic mass is 10.2. The lowest BCUT2D eigenvalue weighted by Gasteiger charge is -2.10. The largest absolute Gasteiger partial charge is 0.228 e. The highest BCUT2D eigenvalue weighted by molar-refractivity contribution is 7.90. The Hall–Kier alpha value is -0.0900. The van der Waals surface area contributed by atoms with Crippen LogP contribution in [0.4, 0.5) is 0 Å². The molecular formula is C7H13NO2S. The van der Waals surface area contributed by atoms with Crippen molar-refractivity contribution in [3.05, 3.63) is 0 Å². The van der Waals surface area contributed by atoms with Crippen molar-refractivity contribution in [3.8, 4) is 0 Å². The van der Waals surface area contributed by atoms with E-state index in [9.17, 15) is 8.42 Å². The predicted octanol–water partition coefficient (Wildman–Crippen LogP) is 0.608. The van der Waals surface area contributed by atoms with Crippen LogP contribution in [0.25, 0.3) is 0 Å². The Bertz CT molecular complexity index is 262. The minimum Gasteiger partial charge on any atom is -0.228 e. The smallest absolute Gasteiger partial charge is 0.214 e. The first kappa shape index (κ1) is 7.55. The van der Waals surface area contributed by atoms with Gasteiger partial charge in [-0.1, -0.05) is 12.8 Å². The van der Waals surface area contributed by atoms with Gasteiger partial charge in [0, 0.05) is 0 Å². The summed E-state index contributed by atoms with van der Waals surface area (Å²) in [4.78, 5) is 0. The maximum Gasteiger partial charge on any atom is 0.214 e. The molecule has 0 aliphatic heterocycles. The fourth-order valence-electron chi connectivity index (χ4n) is 1.59. The van der Waals surface area contributed by atoms with Crippen LogP contribution in [0.5, 0.6) is 0 Å². The molecule has 3 nitrogen and oxygen atoms in total. The number of hydrogen-bond donors (Lipinski definition) is 1. The Labute approximate surface area is 67.0 Å². The molecule has 11 heavy (non-hydrogen) atoms. The third kappa shape index (κ3) is 1.29. The molecule has 2 fully saturated rings. The third-order valence-corrected chi connectivity index (χ3v) is 4.55. The predicted molar refractivity (Wildman–Crippen MR) is 42.4 cm³/mol. The lowest BCUT2D eigenvalue weighted by Crippen LogP contribution is -2.30. The van der Waals surface area contributed by atoms with E-state index < -0.39 is 14.8 Å². The van der Waals surface area contributed by atoms with Gasteiger partial charge in [-0.15, -0.1) is 0 Å². The molecule has 0 aromatic rings. The quantitative estimate of drug-likeness (QED) is 0.683. The van der Waals surface area contributed by atoms with Crippen LogP contribution in [0.15, 0.2) is 0 Å². The second kappa shape index (κ2) is 1.98. The van der Waals surface area contributed by atoms with Crippen LogP contribution >= 0.6 is 0 Å². The van der Waals surface area contributed by atoms with E-state index in [2.05, 4.69) is 0 Å². The zero-order valence-corrected chi connectivity index (χ0v) is 7.23. The number of primary sulfonamides is 1. The van der Waals surface area contributed by atoms with Gasteiger partial charge < -0.3 is 0 Å². The van der Waals surface area contributed by atoms with Crippen molar-refractivity contribution in [1.82, 2.24) is 0 Å². The topological polar surface area (TPSA) is 60.2 Å². The zero-order valence-electron chi connectivity index (χ0n) is 6.41. The van der Waals surface area contributed by atoms with Crippen LogP contribution in [0.2, 0.25) is 0 Å². The Morgan fingerprint density at radius 1 is 1.36 bits per heavy atom. The van der Waals surface area contributed by atoms with Crippen LogP contribution in [0.3, 0.4) is 0 Å². The summed E-state index contributed by atoms with van der Waals surface area (Å²) in [7, 11) is -3.25. The summed E-state index contributed by atoms with van der Waals surface area (Å²) in [5.74, 6) is 0.663. The van der Waals surface area contributed by atoms with Crippen molar-refractivity contribution in [2.45, 2.75) is 36.9 Å². The molecule has 2 rings (SSSR count). The van der Waals surface area contributed by atoms with Gasteiger partial charge in [-0.3, -0.25) is 0 Å². The maximum absolute atomic E-state index is 11.1.